The highest BCUT2D eigenvalue weighted by Crippen LogP contribution is 2.25. The molecule has 0 aliphatic heterocycles. The van der Waals surface area contributed by atoms with Crippen LogP contribution < -0.4 is 10.1 Å². The van der Waals surface area contributed by atoms with Gasteiger partial charge in [0.15, 0.2) is 4.34 Å². The number of aromatic nitrogens is 2. The van der Waals surface area contributed by atoms with Gasteiger partial charge in [-0.1, -0.05) is 29.2 Å². The third kappa shape index (κ3) is 5.52. The van der Waals surface area contributed by atoms with E-state index >= 15 is 0 Å². The Labute approximate surface area is 137 Å². The van der Waals surface area contributed by atoms with Gasteiger partial charge in [0, 0.05) is 19.4 Å². The molecule has 8 heteroatoms. The molecule has 0 radical (unpaired) electrons. The highest BCUT2D eigenvalue weighted by atomic mass is 32.2. The number of nitrogens with zero attached hydrogens (tertiary/aromatic N) is 3. The van der Waals surface area contributed by atoms with Crippen molar-refractivity contribution < 1.29 is 9.47 Å². The lowest BCUT2D eigenvalue weighted by Crippen LogP contribution is -2.06. The van der Waals surface area contributed by atoms with E-state index in [1.54, 1.807) is 31.0 Å². The Hall–Kier alpha value is -1.82. The third-order valence-corrected chi connectivity index (χ3v) is 4.51. The van der Waals surface area contributed by atoms with Crippen LogP contribution in [-0.4, -0.2) is 42.8 Å². The molecule has 22 heavy (non-hydrogen) atoms. The van der Waals surface area contributed by atoms with Gasteiger partial charge < -0.3 is 14.8 Å². The second-order valence-electron chi connectivity index (χ2n) is 4.13. The Kier molecular flexibility index (Phi) is 6.96. The van der Waals surface area contributed by atoms with E-state index in [0.717, 1.165) is 15.2 Å². The Morgan fingerprint density at radius 1 is 1.36 bits per heavy atom. The maximum Gasteiger partial charge on any atom is 0.206 e. The molecular formula is C14H16N4O2S2. The van der Waals surface area contributed by atoms with Crippen LogP contribution in [-0.2, 0) is 4.74 Å². The molecule has 2 rings (SSSR count). The first-order chi connectivity index (χ1) is 10.8. The Morgan fingerprint density at radius 2 is 2.27 bits per heavy atom. The zero-order valence-corrected chi connectivity index (χ0v) is 13.7. The number of ether oxygens (including phenoxy) is 2. The molecule has 0 saturated carbocycles. The van der Waals surface area contributed by atoms with Crippen molar-refractivity contribution in [3.63, 3.8) is 0 Å². The second kappa shape index (κ2) is 9.25. The molecule has 1 aromatic heterocycles. The van der Waals surface area contributed by atoms with Gasteiger partial charge in [0.1, 0.15) is 5.75 Å². The van der Waals surface area contributed by atoms with Crippen LogP contribution in [0.5, 0.6) is 5.75 Å². The number of benzene rings is 1. The number of methoxy groups -OCH3 is 1. The van der Waals surface area contributed by atoms with Crippen LogP contribution in [0.25, 0.3) is 0 Å². The van der Waals surface area contributed by atoms with Crippen molar-refractivity contribution in [2.24, 2.45) is 0 Å². The Bertz CT molecular complexity index is 627. The first-order valence-electron chi connectivity index (χ1n) is 6.64. The number of rotatable bonds is 9. The Morgan fingerprint density at radius 3 is 3.09 bits per heavy atom. The second-order valence-corrected chi connectivity index (χ2v) is 6.45. The van der Waals surface area contributed by atoms with E-state index in [1.807, 2.05) is 12.1 Å². The fourth-order valence-electron chi connectivity index (χ4n) is 1.54. The number of nitriles is 1. The molecule has 0 spiro atoms. The van der Waals surface area contributed by atoms with Crippen LogP contribution in [0, 0.1) is 11.3 Å². The van der Waals surface area contributed by atoms with Crippen LogP contribution in [0.2, 0.25) is 0 Å². The largest absolute Gasteiger partial charge is 0.493 e. The summed E-state index contributed by atoms with van der Waals surface area (Å²) in [6.07, 6.45) is 0. The summed E-state index contributed by atoms with van der Waals surface area (Å²) in [6, 6.07) is 9.22. The standard InChI is InChI=1S/C14H16N4O2S2/c1-19-6-5-16-13-17-18-14(22-13)21-8-7-20-12-4-2-3-11(9-12)10-15/h2-4,9H,5-8H2,1H3,(H,16,17). The van der Waals surface area contributed by atoms with E-state index in [2.05, 4.69) is 21.6 Å². The van der Waals surface area contributed by atoms with Gasteiger partial charge in [0.05, 0.1) is 24.8 Å². The quantitative estimate of drug-likeness (QED) is 0.557. The first-order valence-corrected chi connectivity index (χ1v) is 8.44. The lowest BCUT2D eigenvalue weighted by atomic mass is 10.2. The van der Waals surface area contributed by atoms with E-state index in [0.29, 0.717) is 31.1 Å². The van der Waals surface area contributed by atoms with Crippen molar-refractivity contribution in [2.45, 2.75) is 4.34 Å². The number of hydrogen-bond donors (Lipinski definition) is 1. The molecule has 2 aromatic rings. The Balaban J connectivity index is 1.69. The molecule has 0 atom stereocenters. The van der Waals surface area contributed by atoms with Crippen LogP contribution in [0.15, 0.2) is 28.6 Å². The minimum absolute atomic E-state index is 0.547. The molecule has 0 saturated heterocycles. The number of hydrogen-bond acceptors (Lipinski definition) is 8. The molecule has 0 aliphatic carbocycles. The van der Waals surface area contributed by atoms with Crippen molar-refractivity contribution in [1.29, 1.82) is 5.26 Å². The zero-order chi connectivity index (χ0) is 15.6. The lowest BCUT2D eigenvalue weighted by molar-refractivity contribution is 0.211. The van der Waals surface area contributed by atoms with Gasteiger partial charge in [-0.25, -0.2) is 0 Å². The zero-order valence-electron chi connectivity index (χ0n) is 12.1. The highest BCUT2D eigenvalue weighted by Gasteiger charge is 2.04. The van der Waals surface area contributed by atoms with E-state index in [1.165, 1.54) is 11.3 Å². The summed E-state index contributed by atoms with van der Waals surface area (Å²) in [5, 5.41) is 20.9. The lowest BCUT2D eigenvalue weighted by Gasteiger charge is -2.04. The van der Waals surface area contributed by atoms with Crippen molar-refractivity contribution in [2.75, 3.05) is 37.9 Å². The van der Waals surface area contributed by atoms with Crippen molar-refractivity contribution in [3.8, 4) is 11.8 Å². The molecule has 6 nitrogen and oxygen atoms in total. The van der Waals surface area contributed by atoms with Gasteiger partial charge in [-0.15, -0.1) is 10.2 Å². The summed E-state index contributed by atoms with van der Waals surface area (Å²) in [5.41, 5.74) is 0.598. The topological polar surface area (TPSA) is 80.1 Å². The SMILES string of the molecule is COCCNc1nnc(SCCOc2cccc(C#N)c2)s1. The van der Waals surface area contributed by atoms with Gasteiger partial charge in [-0.05, 0) is 18.2 Å². The summed E-state index contributed by atoms with van der Waals surface area (Å²) < 4.78 is 11.5. The number of nitrogens with one attached hydrogen (secondary N) is 1. The van der Waals surface area contributed by atoms with Crippen LogP contribution in [0.4, 0.5) is 5.13 Å². The van der Waals surface area contributed by atoms with Gasteiger partial charge in [-0.2, -0.15) is 5.26 Å². The molecule has 0 fully saturated rings. The molecule has 1 aromatic carbocycles. The van der Waals surface area contributed by atoms with Crippen LogP contribution >= 0.6 is 23.1 Å². The number of anilines is 1. The first kappa shape index (κ1) is 16.5. The average Bonchev–Trinajstić information content (AvgIpc) is 3.00. The summed E-state index contributed by atoms with van der Waals surface area (Å²) in [6.45, 7) is 1.90. The molecule has 0 aliphatic rings. The minimum Gasteiger partial charge on any atom is -0.493 e. The summed E-state index contributed by atoms with van der Waals surface area (Å²) in [4.78, 5) is 0. The van der Waals surface area contributed by atoms with Crippen molar-refractivity contribution in [3.05, 3.63) is 29.8 Å². The molecule has 116 valence electrons. The van der Waals surface area contributed by atoms with Crippen LogP contribution in [0.3, 0.4) is 0 Å². The minimum atomic E-state index is 0.547. The summed E-state index contributed by atoms with van der Waals surface area (Å²) >= 11 is 3.10. The predicted molar refractivity (Wildman–Crippen MR) is 87.7 cm³/mol. The molecule has 1 heterocycles. The smallest absolute Gasteiger partial charge is 0.206 e. The van der Waals surface area contributed by atoms with Gasteiger partial charge in [0.25, 0.3) is 0 Å². The summed E-state index contributed by atoms with van der Waals surface area (Å²) in [5.74, 6) is 1.47. The third-order valence-electron chi connectivity index (χ3n) is 2.53. The van der Waals surface area contributed by atoms with E-state index in [4.69, 9.17) is 14.7 Å². The maximum absolute atomic E-state index is 8.82. The maximum atomic E-state index is 8.82. The van der Waals surface area contributed by atoms with Gasteiger partial charge in [0.2, 0.25) is 5.13 Å². The van der Waals surface area contributed by atoms with Crippen LogP contribution in [0.1, 0.15) is 5.56 Å². The van der Waals surface area contributed by atoms with E-state index < -0.39 is 0 Å². The van der Waals surface area contributed by atoms with E-state index in [-0.39, 0.29) is 0 Å². The number of thioether (sulfide) groups is 1. The molecule has 0 unspecified atom stereocenters. The summed E-state index contributed by atoms with van der Waals surface area (Å²) in [7, 11) is 1.66. The molecule has 0 amide bonds. The van der Waals surface area contributed by atoms with Gasteiger partial charge in [-0.3, -0.25) is 0 Å². The molecular weight excluding hydrogens is 320 g/mol. The highest BCUT2D eigenvalue weighted by molar-refractivity contribution is 8.01. The van der Waals surface area contributed by atoms with Crippen molar-refractivity contribution in [1.82, 2.24) is 10.2 Å². The average molecular weight is 336 g/mol. The fraction of sp³-hybridized carbons (Fsp3) is 0.357. The fourth-order valence-corrected chi connectivity index (χ4v) is 3.21. The van der Waals surface area contributed by atoms with E-state index in [9.17, 15) is 0 Å². The monoisotopic (exact) mass is 336 g/mol. The van der Waals surface area contributed by atoms with Crippen molar-refractivity contribution >= 4 is 28.2 Å². The normalized spacial score (nSPS) is 10.2. The predicted octanol–water partition coefficient (Wildman–Crippen LogP) is 2.64. The molecule has 0 bridgehead atoms. The van der Waals surface area contributed by atoms with Gasteiger partial charge >= 0.3 is 0 Å². The molecule has 1 N–H and O–H groups in total.